The zero-order valence-corrected chi connectivity index (χ0v) is 18.1. The Bertz CT molecular complexity index is 594. The molecule has 0 radical (unpaired) electrons. The van der Waals surface area contributed by atoms with Crippen LogP contribution in [0.15, 0.2) is 12.2 Å². The number of nitrogens with one attached hydrogen (secondary N) is 2. The summed E-state index contributed by atoms with van der Waals surface area (Å²) in [6, 6.07) is -0.631. The van der Waals surface area contributed by atoms with E-state index in [1.54, 1.807) is 13.8 Å². The molecule has 29 heavy (non-hydrogen) atoms. The normalized spacial score (nSPS) is 30.4. The first-order chi connectivity index (χ1) is 13.7. The summed E-state index contributed by atoms with van der Waals surface area (Å²) in [5.41, 5.74) is 0. The minimum absolute atomic E-state index is 0.212. The van der Waals surface area contributed by atoms with Crippen molar-refractivity contribution < 1.29 is 28.9 Å². The van der Waals surface area contributed by atoms with Gasteiger partial charge in [-0.1, -0.05) is 32.4 Å². The van der Waals surface area contributed by atoms with Crippen LogP contribution in [0.2, 0.25) is 0 Å². The minimum Gasteiger partial charge on any atom is -0.387 e. The maximum absolute atomic E-state index is 12.8. The molecular weight excluding hydrogens is 376 g/mol. The van der Waals surface area contributed by atoms with Crippen molar-refractivity contribution in [3.8, 4) is 0 Å². The number of rotatable bonds is 8. The van der Waals surface area contributed by atoms with E-state index in [-0.39, 0.29) is 5.91 Å². The molecule has 2 rings (SSSR count). The summed E-state index contributed by atoms with van der Waals surface area (Å²) in [5, 5.41) is 16.4. The number of aliphatic hydroxyl groups excluding tert-OH is 1. The molecule has 0 aromatic carbocycles. The highest BCUT2D eigenvalue weighted by Crippen LogP contribution is 2.32. The summed E-state index contributed by atoms with van der Waals surface area (Å²) in [6.07, 6.45) is 3.40. The number of methoxy groups -OCH3 is 1. The Morgan fingerprint density at radius 3 is 2.79 bits per heavy atom. The SMILES string of the molecule is CCC(C)/C=C/[C@H]1OC(C)(C)O[C@@H]1[C@@H](O)[C@@H](OC)C(=O)N[C@H]1CCCCNC1=O. The van der Waals surface area contributed by atoms with Crippen LogP contribution in [0.4, 0.5) is 0 Å². The molecule has 2 saturated heterocycles. The van der Waals surface area contributed by atoms with E-state index < -0.39 is 42.2 Å². The van der Waals surface area contributed by atoms with E-state index in [1.165, 1.54) is 7.11 Å². The van der Waals surface area contributed by atoms with Crippen LogP contribution in [0.25, 0.3) is 0 Å². The first kappa shape index (κ1) is 23.8. The average Bonchev–Trinajstić information content (AvgIpc) is 2.85. The van der Waals surface area contributed by atoms with Gasteiger partial charge in [0, 0.05) is 13.7 Å². The number of ether oxygens (including phenoxy) is 3. The van der Waals surface area contributed by atoms with Crippen LogP contribution in [-0.2, 0) is 23.8 Å². The van der Waals surface area contributed by atoms with Crippen molar-refractivity contribution in [2.45, 2.75) is 89.6 Å². The molecule has 1 unspecified atom stereocenters. The lowest BCUT2D eigenvalue weighted by Gasteiger charge is -2.28. The van der Waals surface area contributed by atoms with Gasteiger partial charge in [-0.05, 0) is 39.0 Å². The maximum Gasteiger partial charge on any atom is 0.252 e. The van der Waals surface area contributed by atoms with Crippen molar-refractivity contribution in [3.63, 3.8) is 0 Å². The summed E-state index contributed by atoms with van der Waals surface area (Å²) >= 11 is 0. The number of hydrogen-bond donors (Lipinski definition) is 3. The molecule has 8 heteroatoms. The lowest BCUT2D eigenvalue weighted by Crippen LogP contribution is -2.55. The van der Waals surface area contributed by atoms with E-state index in [9.17, 15) is 14.7 Å². The van der Waals surface area contributed by atoms with Crippen LogP contribution in [0.3, 0.4) is 0 Å². The van der Waals surface area contributed by atoms with E-state index in [0.29, 0.717) is 18.9 Å². The smallest absolute Gasteiger partial charge is 0.252 e. The summed E-state index contributed by atoms with van der Waals surface area (Å²) < 4.78 is 17.1. The first-order valence-electron chi connectivity index (χ1n) is 10.5. The Morgan fingerprint density at radius 2 is 2.14 bits per heavy atom. The third-order valence-electron chi connectivity index (χ3n) is 5.45. The number of carbonyl (C=O) groups is 2. The van der Waals surface area contributed by atoms with E-state index in [2.05, 4.69) is 24.5 Å². The summed E-state index contributed by atoms with van der Waals surface area (Å²) in [7, 11) is 1.35. The molecular formula is C21H36N2O6. The monoisotopic (exact) mass is 412 g/mol. The Labute approximate surface area is 173 Å². The molecule has 2 aliphatic heterocycles. The van der Waals surface area contributed by atoms with Gasteiger partial charge >= 0.3 is 0 Å². The summed E-state index contributed by atoms with van der Waals surface area (Å²) in [6.45, 7) is 8.31. The van der Waals surface area contributed by atoms with Crippen LogP contribution in [0, 0.1) is 5.92 Å². The standard InChI is InChI=1S/C21H36N2O6/c1-6-13(2)10-11-15-17(29-21(3,4)28-15)16(24)18(27-5)20(26)23-14-9-7-8-12-22-19(14)25/h10-11,13-18,24H,6-9,12H2,1-5H3,(H,22,25)(H,23,26)/b11-10+/t13?,14-,15+,16+,17-,18+/m0/s1. The second-order valence-corrected chi connectivity index (χ2v) is 8.33. The van der Waals surface area contributed by atoms with E-state index in [1.807, 2.05) is 12.2 Å². The van der Waals surface area contributed by atoms with Crippen molar-refractivity contribution in [3.05, 3.63) is 12.2 Å². The number of amides is 2. The Kier molecular flexibility index (Phi) is 8.63. The quantitative estimate of drug-likeness (QED) is 0.519. The van der Waals surface area contributed by atoms with E-state index in [0.717, 1.165) is 19.3 Å². The molecule has 3 N–H and O–H groups in total. The zero-order valence-electron chi connectivity index (χ0n) is 18.1. The predicted molar refractivity (Wildman–Crippen MR) is 108 cm³/mol. The van der Waals surface area contributed by atoms with Gasteiger partial charge in [-0.15, -0.1) is 0 Å². The fourth-order valence-electron chi connectivity index (χ4n) is 3.57. The molecule has 0 aliphatic carbocycles. The van der Waals surface area contributed by atoms with Crippen LogP contribution in [-0.4, -0.2) is 66.8 Å². The van der Waals surface area contributed by atoms with Crippen molar-refractivity contribution in [1.29, 1.82) is 0 Å². The van der Waals surface area contributed by atoms with Gasteiger partial charge in [0.2, 0.25) is 5.91 Å². The number of allylic oxidation sites excluding steroid dienone is 1. The Balaban J connectivity index is 2.10. The van der Waals surface area contributed by atoms with Gasteiger partial charge in [0.25, 0.3) is 5.91 Å². The van der Waals surface area contributed by atoms with Crippen molar-refractivity contribution >= 4 is 11.8 Å². The zero-order chi connectivity index (χ0) is 21.6. The molecule has 2 heterocycles. The Morgan fingerprint density at radius 1 is 1.41 bits per heavy atom. The average molecular weight is 413 g/mol. The van der Waals surface area contributed by atoms with Gasteiger partial charge in [0.1, 0.15) is 24.4 Å². The molecule has 0 spiro atoms. The Hall–Kier alpha value is -1.48. The molecule has 2 amide bonds. The van der Waals surface area contributed by atoms with Crippen LogP contribution in [0.5, 0.6) is 0 Å². The molecule has 2 aliphatic rings. The second-order valence-electron chi connectivity index (χ2n) is 8.33. The molecule has 8 nitrogen and oxygen atoms in total. The number of hydrogen-bond acceptors (Lipinski definition) is 6. The molecule has 6 atom stereocenters. The second kappa shape index (κ2) is 10.5. The third-order valence-corrected chi connectivity index (χ3v) is 5.45. The third kappa shape index (κ3) is 6.50. The maximum atomic E-state index is 12.8. The fraction of sp³-hybridized carbons (Fsp3) is 0.810. The first-order valence-corrected chi connectivity index (χ1v) is 10.5. The van der Waals surface area contributed by atoms with Gasteiger partial charge in [0.05, 0.1) is 0 Å². The highest BCUT2D eigenvalue weighted by atomic mass is 16.8. The lowest BCUT2D eigenvalue weighted by atomic mass is 9.99. The number of carbonyl (C=O) groups excluding carboxylic acids is 2. The molecule has 2 fully saturated rings. The van der Waals surface area contributed by atoms with Crippen molar-refractivity contribution in [1.82, 2.24) is 10.6 Å². The van der Waals surface area contributed by atoms with Crippen LogP contribution in [0.1, 0.15) is 53.4 Å². The predicted octanol–water partition coefficient (Wildman–Crippen LogP) is 1.27. The van der Waals surface area contributed by atoms with Gasteiger partial charge in [-0.2, -0.15) is 0 Å². The summed E-state index contributed by atoms with van der Waals surface area (Å²) in [5.74, 6) is -1.29. The fourth-order valence-corrected chi connectivity index (χ4v) is 3.57. The van der Waals surface area contributed by atoms with E-state index in [4.69, 9.17) is 14.2 Å². The highest BCUT2D eigenvalue weighted by molar-refractivity contribution is 5.89. The largest absolute Gasteiger partial charge is 0.387 e. The molecule has 0 aromatic rings. The van der Waals surface area contributed by atoms with Crippen molar-refractivity contribution in [2.24, 2.45) is 5.92 Å². The molecule has 166 valence electrons. The van der Waals surface area contributed by atoms with Gasteiger partial charge in [-0.3, -0.25) is 9.59 Å². The van der Waals surface area contributed by atoms with Gasteiger partial charge in [0.15, 0.2) is 11.9 Å². The van der Waals surface area contributed by atoms with E-state index >= 15 is 0 Å². The molecule has 0 bridgehead atoms. The molecule has 0 saturated carbocycles. The molecule has 0 aromatic heterocycles. The lowest BCUT2D eigenvalue weighted by molar-refractivity contribution is -0.169. The van der Waals surface area contributed by atoms with Crippen LogP contribution < -0.4 is 10.6 Å². The van der Waals surface area contributed by atoms with Crippen molar-refractivity contribution in [2.75, 3.05) is 13.7 Å². The van der Waals surface area contributed by atoms with Gasteiger partial charge < -0.3 is 30.0 Å². The number of aliphatic hydroxyl groups is 1. The highest BCUT2D eigenvalue weighted by Gasteiger charge is 2.47. The minimum atomic E-state index is -1.26. The topological polar surface area (TPSA) is 106 Å². The summed E-state index contributed by atoms with van der Waals surface area (Å²) in [4.78, 5) is 24.9. The van der Waals surface area contributed by atoms with Crippen LogP contribution >= 0.6 is 0 Å². The van der Waals surface area contributed by atoms with Gasteiger partial charge in [-0.25, -0.2) is 0 Å².